The van der Waals surface area contributed by atoms with Crippen LogP contribution in [-0.2, 0) is 16.1 Å². The molecule has 0 fully saturated rings. The average Bonchev–Trinajstić information content (AvgIpc) is 2.59. The summed E-state index contributed by atoms with van der Waals surface area (Å²) < 4.78 is 19.4. The molecule has 5 nitrogen and oxygen atoms in total. The lowest BCUT2D eigenvalue weighted by Crippen LogP contribution is -2.38. The molecule has 0 atom stereocenters. The minimum absolute atomic E-state index is 0.0717. The molecule has 0 bridgehead atoms. The maximum absolute atomic E-state index is 13.9. The molecule has 2 amide bonds. The Morgan fingerprint density at radius 3 is 2.84 bits per heavy atom. The molecule has 0 saturated carbocycles. The molecule has 2 aromatic rings. The summed E-state index contributed by atoms with van der Waals surface area (Å²) in [5.74, 6) is -0.173. The van der Waals surface area contributed by atoms with Crippen LogP contribution in [0.15, 0.2) is 42.5 Å². The van der Waals surface area contributed by atoms with Crippen molar-refractivity contribution in [3.63, 3.8) is 0 Å². The van der Waals surface area contributed by atoms with Crippen LogP contribution in [0.3, 0.4) is 0 Å². The monoisotopic (exact) mass is 342 g/mol. The number of anilines is 2. The third-order valence-corrected chi connectivity index (χ3v) is 3.95. The number of carbonyl (C=O) groups is 2. The average molecular weight is 342 g/mol. The van der Waals surface area contributed by atoms with Crippen molar-refractivity contribution in [2.75, 3.05) is 16.8 Å². The topological polar surface area (TPSA) is 58.6 Å². The highest BCUT2D eigenvalue weighted by molar-refractivity contribution is 5.99. The lowest BCUT2D eigenvalue weighted by molar-refractivity contribution is -0.121. The van der Waals surface area contributed by atoms with Crippen molar-refractivity contribution in [3.8, 4) is 5.75 Å². The zero-order valence-corrected chi connectivity index (χ0v) is 13.9. The molecule has 1 heterocycles. The smallest absolute Gasteiger partial charge is 0.265 e. The van der Waals surface area contributed by atoms with E-state index in [0.29, 0.717) is 29.1 Å². The standard InChI is InChI=1S/C19H19FN2O3/c1-2-5-18(23)21-14-8-9-16-17(10-14)25-12-19(24)22(16)11-13-6-3-4-7-15(13)20/h3-4,6-10H,2,5,11-12H2,1H3,(H,21,23). The Morgan fingerprint density at radius 1 is 1.28 bits per heavy atom. The van der Waals surface area contributed by atoms with E-state index < -0.39 is 0 Å². The molecule has 3 rings (SSSR count). The molecule has 6 heteroatoms. The van der Waals surface area contributed by atoms with Crippen molar-refractivity contribution < 1.29 is 18.7 Å². The van der Waals surface area contributed by atoms with E-state index in [1.807, 2.05) is 6.92 Å². The summed E-state index contributed by atoms with van der Waals surface area (Å²) in [5.41, 5.74) is 1.61. The minimum atomic E-state index is -0.355. The van der Waals surface area contributed by atoms with Crippen LogP contribution >= 0.6 is 0 Å². The zero-order valence-electron chi connectivity index (χ0n) is 13.9. The number of halogens is 1. The summed E-state index contributed by atoms with van der Waals surface area (Å²) >= 11 is 0. The summed E-state index contributed by atoms with van der Waals surface area (Å²) in [6.07, 6.45) is 1.20. The van der Waals surface area contributed by atoms with Crippen LogP contribution in [0.25, 0.3) is 0 Å². The molecule has 0 unspecified atom stereocenters. The number of fused-ring (bicyclic) bond motifs is 1. The number of rotatable bonds is 5. The number of carbonyl (C=O) groups excluding carboxylic acids is 2. The largest absolute Gasteiger partial charge is 0.481 e. The first-order chi connectivity index (χ1) is 12.1. The molecule has 0 spiro atoms. The van der Waals surface area contributed by atoms with Crippen LogP contribution in [0, 0.1) is 5.82 Å². The van der Waals surface area contributed by atoms with Gasteiger partial charge in [-0.1, -0.05) is 25.1 Å². The van der Waals surface area contributed by atoms with Gasteiger partial charge in [-0.2, -0.15) is 0 Å². The Kier molecular flexibility index (Phi) is 4.97. The fraction of sp³-hybridized carbons (Fsp3) is 0.263. The predicted molar refractivity (Wildman–Crippen MR) is 93.1 cm³/mol. The van der Waals surface area contributed by atoms with E-state index in [4.69, 9.17) is 4.74 Å². The highest BCUT2D eigenvalue weighted by atomic mass is 19.1. The number of nitrogens with zero attached hydrogens (tertiary/aromatic N) is 1. The first kappa shape index (κ1) is 17.0. The van der Waals surface area contributed by atoms with Crippen LogP contribution in [0.4, 0.5) is 15.8 Å². The highest BCUT2D eigenvalue weighted by Crippen LogP contribution is 2.35. The number of nitrogens with one attached hydrogen (secondary N) is 1. The molecule has 2 aromatic carbocycles. The molecule has 1 N–H and O–H groups in total. The molecule has 0 radical (unpaired) electrons. The number of benzene rings is 2. The molecule has 0 aliphatic carbocycles. The molecule has 25 heavy (non-hydrogen) atoms. The maximum atomic E-state index is 13.9. The van der Waals surface area contributed by atoms with Crippen LogP contribution in [0.5, 0.6) is 5.75 Å². The zero-order chi connectivity index (χ0) is 17.8. The summed E-state index contributed by atoms with van der Waals surface area (Å²) in [4.78, 5) is 25.4. The summed E-state index contributed by atoms with van der Waals surface area (Å²) in [7, 11) is 0. The summed E-state index contributed by atoms with van der Waals surface area (Å²) in [6, 6.07) is 11.5. The Balaban J connectivity index is 1.85. The van der Waals surface area contributed by atoms with Gasteiger partial charge in [0, 0.05) is 23.7 Å². The van der Waals surface area contributed by atoms with Crippen molar-refractivity contribution in [2.45, 2.75) is 26.3 Å². The molecular formula is C19H19FN2O3. The third kappa shape index (κ3) is 3.79. The molecular weight excluding hydrogens is 323 g/mol. The number of hydrogen-bond acceptors (Lipinski definition) is 3. The summed E-state index contributed by atoms with van der Waals surface area (Å²) in [6.45, 7) is 1.94. The second-order valence-electron chi connectivity index (χ2n) is 5.84. The van der Waals surface area contributed by atoms with Gasteiger partial charge >= 0.3 is 0 Å². The molecule has 0 saturated heterocycles. The Bertz CT molecular complexity index is 807. The first-order valence-corrected chi connectivity index (χ1v) is 8.19. The van der Waals surface area contributed by atoms with E-state index >= 15 is 0 Å². The fourth-order valence-corrected chi connectivity index (χ4v) is 2.70. The first-order valence-electron chi connectivity index (χ1n) is 8.19. The Labute approximate surface area is 145 Å². The highest BCUT2D eigenvalue weighted by Gasteiger charge is 2.26. The van der Waals surface area contributed by atoms with Crippen molar-refractivity contribution in [3.05, 3.63) is 53.8 Å². The van der Waals surface area contributed by atoms with E-state index in [-0.39, 0.29) is 30.8 Å². The van der Waals surface area contributed by atoms with Crippen LogP contribution in [-0.4, -0.2) is 18.4 Å². The summed E-state index contributed by atoms with van der Waals surface area (Å²) in [5, 5.41) is 2.80. The van der Waals surface area contributed by atoms with E-state index in [1.54, 1.807) is 36.4 Å². The van der Waals surface area contributed by atoms with E-state index in [1.165, 1.54) is 11.0 Å². The van der Waals surface area contributed by atoms with Crippen molar-refractivity contribution in [1.29, 1.82) is 0 Å². The lowest BCUT2D eigenvalue weighted by Gasteiger charge is -2.30. The number of amides is 2. The predicted octanol–water partition coefficient (Wildman–Crippen LogP) is 3.49. The van der Waals surface area contributed by atoms with E-state index in [2.05, 4.69) is 5.32 Å². The van der Waals surface area contributed by atoms with Crippen LogP contribution < -0.4 is 15.0 Å². The van der Waals surface area contributed by atoms with Gasteiger partial charge in [-0.05, 0) is 24.6 Å². The van der Waals surface area contributed by atoms with Crippen LogP contribution in [0.2, 0.25) is 0 Å². The molecule has 1 aliphatic heterocycles. The lowest BCUT2D eigenvalue weighted by atomic mass is 10.1. The van der Waals surface area contributed by atoms with Gasteiger partial charge in [0.15, 0.2) is 6.61 Å². The molecule has 0 aromatic heterocycles. The van der Waals surface area contributed by atoms with E-state index in [0.717, 1.165) is 6.42 Å². The minimum Gasteiger partial charge on any atom is -0.481 e. The van der Waals surface area contributed by atoms with Crippen LogP contribution in [0.1, 0.15) is 25.3 Å². The van der Waals surface area contributed by atoms with Gasteiger partial charge in [0.05, 0.1) is 12.2 Å². The number of hydrogen-bond donors (Lipinski definition) is 1. The van der Waals surface area contributed by atoms with Gasteiger partial charge in [0.2, 0.25) is 5.91 Å². The normalized spacial score (nSPS) is 13.2. The van der Waals surface area contributed by atoms with Gasteiger partial charge < -0.3 is 15.0 Å². The van der Waals surface area contributed by atoms with Gasteiger partial charge in [-0.25, -0.2) is 4.39 Å². The van der Waals surface area contributed by atoms with Gasteiger partial charge in [0.1, 0.15) is 11.6 Å². The fourth-order valence-electron chi connectivity index (χ4n) is 2.70. The van der Waals surface area contributed by atoms with Gasteiger partial charge in [-0.15, -0.1) is 0 Å². The number of ether oxygens (including phenoxy) is 1. The Hall–Kier alpha value is -2.89. The van der Waals surface area contributed by atoms with Crippen molar-refractivity contribution >= 4 is 23.2 Å². The quantitative estimate of drug-likeness (QED) is 0.905. The van der Waals surface area contributed by atoms with E-state index in [9.17, 15) is 14.0 Å². The molecule has 130 valence electrons. The second-order valence-corrected chi connectivity index (χ2v) is 5.84. The third-order valence-electron chi connectivity index (χ3n) is 3.95. The Morgan fingerprint density at radius 2 is 2.08 bits per heavy atom. The molecule has 1 aliphatic rings. The van der Waals surface area contributed by atoms with Gasteiger partial charge in [-0.3, -0.25) is 9.59 Å². The van der Waals surface area contributed by atoms with Crippen molar-refractivity contribution in [1.82, 2.24) is 0 Å². The SMILES string of the molecule is CCCC(=O)Nc1ccc2c(c1)OCC(=O)N2Cc1ccccc1F. The second kappa shape index (κ2) is 7.34. The maximum Gasteiger partial charge on any atom is 0.265 e. The van der Waals surface area contributed by atoms with Gasteiger partial charge in [0.25, 0.3) is 5.91 Å². The van der Waals surface area contributed by atoms with Crippen molar-refractivity contribution in [2.24, 2.45) is 0 Å².